The van der Waals surface area contributed by atoms with Crippen LogP contribution in [-0.2, 0) is 9.59 Å². The Labute approximate surface area is 176 Å². The van der Waals surface area contributed by atoms with E-state index in [2.05, 4.69) is 31.0 Å². The molecule has 3 saturated carbocycles. The van der Waals surface area contributed by atoms with Gasteiger partial charge in [-0.25, -0.2) is 0 Å². The van der Waals surface area contributed by atoms with Crippen LogP contribution in [0.5, 0.6) is 0 Å². The van der Waals surface area contributed by atoms with Crippen molar-refractivity contribution in [1.82, 2.24) is 10.2 Å². The van der Waals surface area contributed by atoms with Crippen LogP contribution in [0.15, 0.2) is 0 Å². The molecule has 4 nitrogen and oxygen atoms in total. The van der Waals surface area contributed by atoms with Gasteiger partial charge in [-0.1, -0.05) is 20.8 Å². The number of hydrogen-bond donors (Lipinski definition) is 1. The van der Waals surface area contributed by atoms with Gasteiger partial charge in [-0.15, -0.1) is 0 Å². The largest absolute Gasteiger partial charge is 0.353 e. The molecule has 2 heterocycles. The molecular weight excluding hydrogens is 360 g/mol. The summed E-state index contributed by atoms with van der Waals surface area (Å²) >= 11 is 0. The van der Waals surface area contributed by atoms with Gasteiger partial charge < -0.3 is 10.2 Å². The molecule has 0 spiro atoms. The first kappa shape index (κ1) is 19.9. The average molecular weight is 401 g/mol. The van der Waals surface area contributed by atoms with Crippen molar-refractivity contribution >= 4 is 11.8 Å². The molecule has 2 saturated heterocycles. The monoisotopic (exact) mass is 400 g/mol. The molecule has 0 radical (unpaired) electrons. The van der Waals surface area contributed by atoms with Gasteiger partial charge in [0.1, 0.15) is 0 Å². The lowest BCUT2D eigenvalue weighted by Crippen LogP contribution is -2.61. The summed E-state index contributed by atoms with van der Waals surface area (Å²) in [5.41, 5.74) is 0.464. The van der Waals surface area contributed by atoms with Crippen LogP contribution in [-0.4, -0.2) is 35.8 Å². The molecule has 7 atom stereocenters. The van der Waals surface area contributed by atoms with Crippen LogP contribution in [0, 0.1) is 40.4 Å². The Bertz CT molecular complexity index is 684. The maximum Gasteiger partial charge on any atom is 0.226 e. The number of fused-ring (bicyclic) bond motifs is 5. The number of nitrogens with zero attached hydrogens (tertiary/aromatic N) is 1. The third-order valence-corrected chi connectivity index (χ3v) is 10.5. The first-order chi connectivity index (χ1) is 13.8. The van der Waals surface area contributed by atoms with Gasteiger partial charge in [-0.3, -0.25) is 9.59 Å². The van der Waals surface area contributed by atoms with Gasteiger partial charge >= 0.3 is 0 Å². The molecule has 29 heavy (non-hydrogen) atoms. The second-order valence-electron chi connectivity index (χ2n) is 11.8. The van der Waals surface area contributed by atoms with Crippen LogP contribution in [0.1, 0.15) is 85.0 Å². The molecule has 0 aromatic heterocycles. The van der Waals surface area contributed by atoms with Crippen molar-refractivity contribution in [3.05, 3.63) is 0 Å². The molecule has 1 N–H and O–H groups in total. The predicted octanol–water partition coefficient (Wildman–Crippen LogP) is 4.38. The van der Waals surface area contributed by atoms with Gasteiger partial charge in [0, 0.05) is 31.5 Å². The van der Waals surface area contributed by atoms with Crippen molar-refractivity contribution in [3.8, 4) is 0 Å². The van der Waals surface area contributed by atoms with E-state index in [1.54, 1.807) is 0 Å². The normalized spacial score (nSPS) is 47.8. The summed E-state index contributed by atoms with van der Waals surface area (Å²) in [5, 5.41) is 3.33. The van der Waals surface area contributed by atoms with Crippen molar-refractivity contribution < 1.29 is 9.59 Å². The van der Waals surface area contributed by atoms with E-state index in [-0.39, 0.29) is 22.7 Å². The van der Waals surface area contributed by atoms with Crippen molar-refractivity contribution in [3.63, 3.8) is 0 Å². The van der Waals surface area contributed by atoms with Crippen molar-refractivity contribution in [2.75, 3.05) is 13.1 Å². The standard InChI is InChI=1S/C25H40N2O2/c1-16-10-14-27(15-11-16)23(29)20-6-5-18-17-4-7-21-25(3,13-9-22(28)26-21)19(17)8-12-24(18,20)2/h16-21H,4-15H2,1-3H3,(H,26,28)/t17-,18-,19+,20?,21?,24-,25+/m0/s1. The maximum atomic E-state index is 13.5. The summed E-state index contributed by atoms with van der Waals surface area (Å²) in [5.74, 6) is 3.94. The van der Waals surface area contributed by atoms with E-state index < -0.39 is 0 Å². The Morgan fingerprint density at radius 1 is 0.931 bits per heavy atom. The fourth-order valence-electron chi connectivity index (χ4n) is 8.56. The van der Waals surface area contributed by atoms with E-state index in [1.165, 1.54) is 38.5 Å². The zero-order valence-corrected chi connectivity index (χ0v) is 18.7. The van der Waals surface area contributed by atoms with Crippen LogP contribution in [0.3, 0.4) is 0 Å². The Morgan fingerprint density at radius 3 is 2.41 bits per heavy atom. The lowest BCUT2D eigenvalue weighted by Gasteiger charge is -2.60. The SMILES string of the molecule is CC1CCN(C(=O)C2CC[C@H]3[C@@H]4CCC5NC(=O)CC[C@]5(C)[C@@H]4CC[C@]23C)CC1. The minimum Gasteiger partial charge on any atom is -0.353 e. The molecular formula is C25H40N2O2. The number of rotatable bonds is 1. The van der Waals surface area contributed by atoms with Crippen LogP contribution >= 0.6 is 0 Å². The Hall–Kier alpha value is -1.06. The number of carbonyl (C=O) groups excluding carboxylic acids is 2. The molecule has 4 heteroatoms. The molecule has 3 aliphatic carbocycles. The highest BCUT2D eigenvalue weighted by Gasteiger charge is 2.61. The summed E-state index contributed by atoms with van der Waals surface area (Å²) in [6, 6.07) is 0.378. The van der Waals surface area contributed by atoms with Crippen LogP contribution in [0.25, 0.3) is 0 Å². The summed E-state index contributed by atoms with van der Waals surface area (Å²) in [7, 11) is 0. The summed E-state index contributed by atoms with van der Waals surface area (Å²) in [6.45, 7) is 9.20. The average Bonchev–Trinajstić information content (AvgIpc) is 3.06. The van der Waals surface area contributed by atoms with Crippen molar-refractivity contribution in [1.29, 1.82) is 0 Å². The van der Waals surface area contributed by atoms with Crippen LogP contribution in [0.2, 0.25) is 0 Å². The summed E-state index contributed by atoms with van der Waals surface area (Å²) < 4.78 is 0. The number of hydrogen-bond acceptors (Lipinski definition) is 2. The van der Waals surface area contributed by atoms with Gasteiger partial charge in [0.15, 0.2) is 0 Å². The molecule has 162 valence electrons. The highest BCUT2D eigenvalue weighted by molar-refractivity contribution is 5.80. The zero-order chi connectivity index (χ0) is 20.4. The topological polar surface area (TPSA) is 49.4 Å². The van der Waals surface area contributed by atoms with Crippen LogP contribution < -0.4 is 5.32 Å². The first-order valence-electron chi connectivity index (χ1n) is 12.4. The predicted molar refractivity (Wildman–Crippen MR) is 114 cm³/mol. The molecule has 0 aromatic carbocycles. The van der Waals surface area contributed by atoms with Crippen LogP contribution in [0.4, 0.5) is 0 Å². The van der Waals surface area contributed by atoms with Gasteiger partial charge in [0.25, 0.3) is 0 Å². The molecule has 5 fully saturated rings. The molecule has 2 unspecified atom stereocenters. The second-order valence-corrected chi connectivity index (χ2v) is 11.8. The number of amides is 2. The van der Waals surface area contributed by atoms with Crippen molar-refractivity contribution in [2.45, 2.75) is 91.0 Å². The second kappa shape index (κ2) is 6.99. The Kier molecular flexibility index (Phi) is 4.79. The quantitative estimate of drug-likeness (QED) is 0.710. The van der Waals surface area contributed by atoms with E-state index in [0.29, 0.717) is 24.3 Å². The molecule has 0 bridgehead atoms. The highest BCUT2D eigenvalue weighted by Crippen LogP contribution is 2.65. The third-order valence-electron chi connectivity index (χ3n) is 10.5. The summed E-state index contributed by atoms with van der Waals surface area (Å²) in [4.78, 5) is 27.7. The van der Waals surface area contributed by atoms with E-state index in [0.717, 1.165) is 50.1 Å². The Balaban J connectivity index is 1.34. The van der Waals surface area contributed by atoms with Crippen molar-refractivity contribution in [2.24, 2.45) is 40.4 Å². The number of likely N-dealkylation sites (tertiary alicyclic amines) is 1. The number of carbonyl (C=O) groups is 2. The maximum absolute atomic E-state index is 13.5. The molecule has 2 amide bonds. The van der Waals surface area contributed by atoms with Gasteiger partial charge in [-0.05, 0) is 92.3 Å². The fraction of sp³-hybridized carbons (Fsp3) is 0.920. The third kappa shape index (κ3) is 2.98. The zero-order valence-electron chi connectivity index (χ0n) is 18.7. The molecule has 2 aliphatic heterocycles. The lowest BCUT2D eigenvalue weighted by atomic mass is 9.47. The minimum atomic E-state index is 0.197. The lowest BCUT2D eigenvalue weighted by molar-refractivity contribution is -0.148. The molecule has 5 rings (SSSR count). The highest BCUT2D eigenvalue weighted by atomic mass is 16.2. The van der Waals surface area contributed by atoms with E-state index >= 15 is 0 Å². The van der Waals surface area contributed by atoms with E-state index in [4.69, 9.17) is 0 Å². The minimum absolute atomic E-state index is 0.197. The molecule has 5 aliphatic rings. The number of nitrogens with one attached hydrogen (secondary N) is 1. The summed E-state index contributed by atoms with van der Waals surface area (Å²) in [6.07, 6.45) is 11.3. The molecule has 0 aromatic rings. The first-order valence-corrected chi connectivity index (χ1v) is 12.4. The van der Waals surface area contributed by atoms with Gasteiger partial charge in [0.05, 0.1) is 0 Å². The van der Waals surface area contributed by atoms with E-state index in [1.807, 2.05) is 0 Å². The van der Waals surface area contributed by atoms with Gasteiger partial charge in [0.2, 0.25) is 11.8 Å². The fourth-order valence-corrected chi connectivity index (χ4v) is 8.56. The van der Waals surface area contributed by atoms with E-state index in [9.17, 15) is 9.59 Å². The smallest absolute Gasteiger partial charge is 0.226 e. The number of piperidine rings is 2. The Morgan fingerprint density at radius 2 is 1.66 bits per heavy atom. The van der Waals surface area contributed by atoms with Gasteiger partial charge in [-0.2, -0.15) is 0 Å².